The Morgan fingerprint density at radius 1 is 1.47 bits per heavy atom. The minimum Gasteiger partial charge on any atom is -0.481 e. The van der Waals surface area contributed by atoms with Crippen LogP contribution in [0.15, 0.2) is 0 Å². The lowest BCUT2D eigenvalue weighted by Crippen LogP contribution is -2.49. The van der Waals surface area contributed by atoms with E-state index >= 15 is 0 Å². The van der Waals surface area contributed by atoms with Gasteiger partial charge in [0.05, 0.1) is 6.10 Å². The van der Waals surface area contributed by atoms with Crippen LogP contribution in [0.2, 0.25) is 0 Å². The van der Waals surface area contributed by atoms with Crippen LogP contribution in [0.25, 0.3) is 0 Å². The van der Waals surface area contributed by atoms with Crippen molar-refractivity contribution in [3.05, 3.63) is 0 Å². The van der Waals surface area contributed by atoms with E-state index in [1.165, 1.54) is 0 Å². The molecule has 1 saturated heterocycles. The monoisotopic (exact) mass is 272 g/mol. The molecule has 110 valence electrons. The predicted molar refractivity (Wildman–Crippen MR) is 70.8 cm³/mol. The van der Waals surface area contributed by atoms with Crippen LogP contribution in [0.5, 0.6) is 0 Å². The van der Waals surface area contributed by atoms with E-state index in [2.05, 4.69) is 5.32 Å². The standard InChI is InChI=1S/C13H24N2O4/c1-9(3-4-12(17)18)7-14-13(19)15-6-5-11(16)10(2)8-15/h9-11,16H,3-8H2,1-2H3,(H,14,19)(H,17,18). The highest BCUT2D eigenvalue weighted by Gasteiger charge is 2.27. The average Bonchev–Trinajstić information content (AvgIpc) is 2.36. The SMILES string of the molecule is CC(CCC(=O)O)CNC(=O)N1CCC(O)C(C)C1. The van der Waals surface area contributed by atoms with Gasteiger partial charge in [0.1, 0.15) is 0 Å². The number of hydrogen-bond acceptors (Lipinski definition) is 3. The van der Waals surface area contributed by atoms with Crippen molar-refractivity contribution in [2.45, 2.75) is 39.2 Å². The number of nitrogens with one attached hydrogen (secondary N) is 1. The van der Waals surface area contributed by atoms with Gasteiger partial charge in [-0.05, 0) is 24.7 Å². The third-order valence-electron chi connectivity index (χ3n) is 3.60. The van der Waals surface area contributed by atoms with Gasteiger partial charge in [-0.15, -0.1) is 0 Å². The van der Waals surface area contributed by atoms with E-state index in [9.17, 15) is 14.7 Å². The van der Waals surface area contributed by atoms with Crippen LogP contribution < -0.4 is 5.32 Å². The zero-order valence-corrected chi connectivity index (χ0v) is 11.6. The lowest BCUT2D eigenvalue weighted by Gasteiger charge is -2.34. The van der Waals surface area contributed by atoms with Gasteiger partial charge in [0.25, 0.3) is 0 Å². The van der Waals surface area contributed by atoms with Crippen LogP contribution in [0, 0.1) is 11.8 Å². The number of carbonyl (C=O) groups is 2. The first kappa shape index (κ1) is 15.8. The van der Waals surface area contributed by atoms with Crippen LogP contribution in [0.4, 0.5) is 4.79 Å². The number of carbonyl (C=O) groups excluding carboxylic acids is 1. The maximum Gasteiger partial charge on any atom is 0.317 e. The van der Waals surface area contributed by atoms with E-state index in [4.69, 9.17) is 5.11 Å². The van der Waals surface area contributed by atoms with Gasteiger partial charge in [-0.2, -0.15) is 0 Å². The number of carboxylic acid groups (broad SMARTS) is 1. The third kappa shape index (κ3) is 5.46. The molecule has 0 aromatic carbocycles. The van der Waals surface area contributed by atoms with Crippen LogP contribution in [-0.4, -0.2) is 52.9 Å². The summed E-state index contributed by atoms with van der Waals surface area (Å²) in [7, 11) is 0. The molecular weight excluding hydrogens is 248 g/mol. The van der Waals surface area contributed by atoms with Crippen molar-refractivity contribution in [1.82, 2.24) is 10.2 Å². The summed E-state index contributed by atoms with van der Waals surface area (Å²) in [5.41, 5.74) is 0. The second-order valence-electron chi connectivity index (χ2n) is 5.50. The molecule has 1 aliphatic heterocycles. The zero-order chi connectivity index (χ0) is 14.4. The number of likely N-dealkylation sites (tertiary alicyclic amines) is 1. The molecule has 6 heteroatoms. The molecule has 3 N–H and O–H groups in total. The summed E-state index contributed by atoms with van der Waals surface area (Å²) in [6.07, 6.45) is 0.983. The lowest BCUT2D eigenvalue weighted by atomic mass is 9.97. The van der Waals surface area contributed by atoms with Crippen LogP contribution in [0.3, 0.4) is 0 Å². The summed E-state index contributed by atoms with van der Waals surface area (Å²) in [6, 6.07) is -0.124. The number of rotatable bonds is 5. The van der Waals surface area contributed by atoms with Crippen LogP contribution >= 0.6 is 0 Å². The van der Waals surface area contributed by atoms with E-state index < -0.39 is 5.97 Å². The number of piperidine rings is 1. The second kappa shape index (κ2) is 7.33. The molecule has 3 atom stereocenters. The van der Waals surface area contributed by atoms with Crippen LogP contribution in [0.1, 0.15) is 33.1 Å². The van der Waals surface area contributed by atoms with E-state index in [1.54, 1.807) is 4.90 Å². The minimum absolute atomic E-state index is 0.101. The van der Waals surface area contributed by atoms with E-state index in [0.29, 0.717) is 32.5 Å². The maximum absolute atomic E-state index is 11.9. The Morgan fingerprint density at radius 3 is 2.74 bits per heavy atom. The number of amides is 2. The van der Waals surface area contributed by atoms with Gasteiger partial charge in [0, 0.05) is 26.1 Å². The molecule has 19 heavy (non-hydrogen) atoms. The van der Waals surface area contributed by atoms with Crippen molar-refractivity contribution >= 4 is 12.0 Å². The predicted octanol–water partition coefficient (Wildman–Crippen LogP) is 0.900. The summed E-state index contributed by atoms with van der Waals surface area (Å²) in [5.74, 6) is -0.561. The number of aliphatic carboxylic acids is 1. The van der Waals surface area contributed by atoms with Gasteiger partial charge in [-0.25, -0.2) is 4.79 Å². The third-order valence-corrected chi connectivity index (χ3v) is 3.60. The molecule has 1 rings (SSSR count). The minimum atomic E-state index is -0.808. The highest BCUT2D eigenvalue weighted by molar-refractivity contribution is 5.74. The molecule has 0 spiro atoms. The van der Waals surface area contributed by atoms with Crippen molar-refractivity contribution in [3.63, 3.8) is 0 Å². The number of aliphatic hydroxyl groups is 1. The Morgan fingerprint density at radius 2 is 2.16 bits per heavy atom. The van der Waals surface area contributed by atoms with Gasteiger partial charge in [-0.1, -0.05) is 13.8 Å². The van der Waals surface area contributed by atoms with Crippen molar-refractivity contribution < 1.29 is 19.8 Å². The smallest absolute Gasteiger partial charge is 0.317 e. The topological polar surface area (TPSA) is 89.9 Å². The molecule has 0 aromatic rings. The average molecular weight is 272 g/mol. The Balaban J connectivity index is 2.25. The summed E-state index contributed by atoms with van der Waals surface area (Å²) in [5, 5.41) is 21.0. The number of hydrogen-bond donors (Lipinski definition) is 3. The molecule has 1 fully saturated rings. The lowest BCUT2D eigenvalue weighted by molar-refractivity contribution is -0.137. The molecule has 2 amide bonds. The first-order valence-electron chi connectivity index (χ1n) is 6.82. The Bertz CT molecular complexity index is 322. The molecule has 0 aliphatic carbocycles. The number of nitrogens with zero attached hydrogens (tertiary/aromatic N) is 1. The van der Waals surface area contributed by atoms with Crippen molar-refractivity contribution in [3.8, 4) is 0 Å². The highest BCUT2D eigenvalue weighted by atomic mass is 16.4. The quantitative estimate of drug-likeness (QED) is 0.693. The summed E-state index contributed by atoms with van der Waals surface area (Å²) < 4.78 is 0. The normalized spacial score (nSPS) is 24.9. The Hall–Kier alpha value is -1.30. The van der Waals surface area contributed by atoms with Crippen molar-refractivity contribution in [2.24, 2.45) is 11.8 Å². The van der Waals surface area contributed by atoms with Gasteiger partial charge < -0.3 is 20.4 Å². The summed E-state index contributed by atoms with van der Waals surface area (Å²) in [6.45, 7) is 5.47. The highest BCUT2D eigenvalue weighted by Crippen LogP contribution is 2.16. The molecule has 0 saturated carbocycles. The number of aliphatic hydroxyl groups excluding tert-OH is 1. The number of carboxylic acids is 1. The molecule has 1 heterocycles. The zero-order valence-electron chi connectivity index (χ0n) is 11.6. The van der Waals surface area contributed by atoms with Crippen molar-refractivity contribution in [2.75, 3.05) is 19.6 Å². The van der Waals surface area contributed by atoms with Gasteiger partial charge >= 0.3 is 12.0 Å². The maximum atomic E-state index is 11.9. The van der Waals surface area contributed by atoms with Crippen LogP contribution in [-0.2, 0) is 4.79 Å². The second-order valence-corrected chi connectivity index (χ2v) is 5.50. The summed E-state index contributed by atoms with van der Waals surface area (Å²) in [4.78, 5) is 24.1. The van der Waals surface area contributed by atoms with E-state index in [-0.39, 0.29) is 30.4 Å². The fourth-order valence-electron chi connectivity index (χ4n) is 2.16. The molecule has 6 nitrogen and oxygen atoms in total. The molecule has 0 radical (unpaired) electrons. The molecular formula is C13H24N2O4. The fourth-order valence-corrected chi connectivity index (χ4v) is 2.16. The Labute approximate surface area is 113 Å². The first-order chi connectivity index (χ1) is 8.90. The van der Waals surface area contributed by atoms with E-state index in [1.807, 2.05) is 13.8 Å². The van der Waals surface area contributed by atoms with Gasteiger partial charge in [0.15, 0.2) is 0 Å². The van der Waals surface area contributed by atoms with E-state index in [0.717, 1.165) is 0 Å². The van der Waals surface area contributed by atoms with Gasteiger partial charge in [-0.3, -0.25) is 4.79 Å². The fraction of sp³-hybridized carbons (Fsp3) is 0.846. The molecule has 3 unspecified atom stereocenters. The molecule has 1 aliphatic rings. The van der Waals surface area contributed by atoms with Crippen molar-refractivity contribution in [1.29, 1.82) is 0 Å². The Kier molecular flexibility index (Phi) is 6.08. The molecule has 0 bridgehead atoms. The van der Waals surface area contributed by atoms with Gasteiger partial charge in [0.2, 0.25) is 0 Å². The largest absolute Gasteiger partial charge is 0.481 e. The first-order valence-corrected chi connectivity index (χ1v) is 6.82. The summed E-state index contributed by atoms with van der Waals surface area (Å²) >= 11 is 0. The molecule has 0 aromatic heterocycles. The number of urea groups is 1.